The lowest BCUT2D eigenvalue weighted by Crippen LogP contribution is -2.61. The van der Waals surface area contributed by atoms with E-state index in [9.17, 15) is 4.79 Å². The summed E-state index contributed by atoms with van der Waals surface area (Å²) < 4.78 is 6.88. The lowest BCUT2D eigenvalue weighted by atomic mass is 9.82. The van der Waals surface area contributed by atoms with Gasteiger partial charge in [0.05, 0.1) is 26.2 Å². The molecule has 0 unspecified atom stereocenters. The van der Waals surface area contributed by atoms with Crippen LogP contribution in [0.1, 0.15) is 44.6 Å². The summed E-state index contributed by atoms with van der Waals surface area (Å²) >= 11 is 0. The Morgan fingerprint density at radius 3 is 2.73 bits per heavy atom. The molecule has 2 aliphatic heterocycles. The number of piperidine rings is 2. The van der Waals surface area contributed by atoms with Gasteiger partial charge in [-0.25, -0.2) is 4.79 Å². The second kappa shape index (κ2) is 9.18. The van der Waals surface area contributed by atoms with Crippen molar-refractivity contribution in [2.45, 2.75) is 45.1 Å². The topological polar surface area (TPSA) is 26.3 Å². The predicted molar refractivity (Wildman–Crippen MR) is 124 cm³/mol. The van der Waals surface area contributed by atoms with E-state index in [4.69, 9.17) is 4.74 Å². The van der Waals surface area contributed by atoms with Crippen LogP contribution >= 0.6 is 0 Å². The number of carbonyl (C=O) groups excluding carboxylic acids is 1. The zero-order valence-corrected chi connectivity index (χ0v) is 18.3. The van der Waals surface area contributed by atoms with Crippen LogP contribution in [0.2, 0.25) is 0 Å². The zero-order valence-electron chi connectivity index (χ0n) is 18.3. The van der Waals surface area contributed by atoms with E-state index in [1.54, 1.807) is 6.08 Å². The SMILES string of the molecule is CC(/C=C/c1ccc2ccccc2c1)=C\C(=O)OC[C@H]1CCC[N@+]2(C)CCCC[C@@H]12. The minimum atomic E-state index is -0.216. The Kier molecular flexibility index (Phi) is 6.38. The highest BCUT2D eigenvalue weighted by molar-refractivity contribution is 5.85. The molecule has 4 rings (SSSR count). The molecule has 2 fully saturated rings. The number of allylic oxidation sites excluding steroid dienone is 2. The van der Waals surface area contributed by atoms with Crippen molar-refractivity contribution in [3.63, 3.8) is 0 Å². The molecule has 0 bridgehead atoms. The first kappa shape index (κ1) is 20.9. The molecule has 0 aliphatic carbocycles. The average Bonchev–Trinajstić information content (AvgIpc) is 2.75. The lowest BCUT2D eigenvalue weighted by Gasteiger charge is -2.51. The van der Waals surface area contributed by atoms with Gasteiger partial charge in [-0.05, 0) is 60.6 Å². The van der Waals surface area contributed by atoms with Crippen LogP contribution in [0, 0.1) is 5.92 Å². The fraction of sp³-hybridized carbons (Fsp3) is 0.444. The van der Waals surface area contributed by atoms with Crippen LogP contribution in [0.25, 0.3) is 16.8 Å². The summed E-state index contributed by atoms with van der Waals surface area (Å²) in [5.41, 5.74) is 2.04. The first-order valence-electron chi connectivity index (χ1n) is 11.4. The van der Waals surface area contributed by atoms with Crippen LogP contribution < -0.4 is 0 Å². The van der Waals surface area contributed by atoms with Gasteiger partial charge in [0, 0.05) is 18.4 Å². The van der Waals surface area contributed by atoms with Crippen molar-refractivity contribution in [2.24, 2.45) is 5.92 Å². The highest BCUT2D eigenvalue weighted by Crippen LogP contribution is 2.36. The van der Waals surface area contributed by atoms with Crippen molar-refractivity contribution in [1.29, 1.82) is 0 Å². The monoisotopic (exact) mass is 404 g/mol. The molecule has 0 aromatic heterocycles. The Morgan fingerprint density at radius 1 is 1.07 bits per heavy atom. The quantitative estimate of drug-likeness (QED) is 0.274. The van der Waals surface area contributed by atoms with Crippen LogP contribution in [-0.4, -0.2) is 43.2 Å². The van der Waals surface area contributed by atoms with Crippen LogP contribution in [0.15, 0.2) is 60.2 Å². The third-order valence-electron chi connectivity index (χ3n) is 7.10. The number of quaternary nitrogens is 1. The van der Waals surface area contributed by atoms with E-state index in [0.29, 0.717) is 18.6 Å². The van der Waals surface area contributed by atoms with Crippen LogP contribution in [-0.2, 0) is 9.53 Å². The van der Waals surface area contributed by atoms with Gasteiger partial charge in [0.1, 0.15) is 6.61 Å². The summed E-state index contributed by atoms with van der Waals surface area (Å²) in [7, 11) is 2.40. The molecule has 3 heteroatoms. The smallest absolute Gasteiger partial charge is 0.331 e. The Labute approximate surface area is 180 Å². The molecule has 3 atom stereocenters. The van der Waals surface area contributed by atoms with E-state index < -0.39 is 0 Å². The lowest BCUT2D eigenvalue weighted by molar-refractivity contribution is -0.947. The Hall–Kier alpha value is -2.39. The third kappa shape index (κ3) is 4.84. The molecular weight excluding hydrogens is 370 g/mol. The van der Waals surface area contributed by atoms with Gasteiger partial charge in [-0.2, -0.15) is 0 Å². The van der Waals surface area contributed by atoms with Crippen molar-refractivity contribution in [3.8, 4) is 0 Å². The highest BCUT2D eigenvalue weighted by atomic mass is 16.5. The summed E-state index contributed by atoms with van der Waals surface area (Å²) in [5.74, 6) is 0.293. The van der Waals surface area contributed by atoms with E-state index in [1.165, 1.54) is 60.4 Å². The van der Waals surface area contributed by atoms with Crippen LogP contribution in [0.4, 0.5) is 0 Å². The number of ether oxygens (including phenoxy) is 1. The summed E-state index contributed by atoms with van der Waals surface area (Å²) in [6.07, 6.45) is 12.0. The number of fused-ring (bicyclic) bond motifs is 2. The largest absolute Gasteiger partial charge is 0.462 e. The Morgan fingerprint density at radius 2 is 1.87 bits per heavy atom. The number of benzene rings is 2. The number of rotatable bonds is 5. The number of hydrogen-bond acceptors (Lipinski definition) is 2. The van der Waals surface area contributed by atoms with E-state index in [-0.39, 0.29) is 5.97 Å². The minimum absolute atomic E-state index is 0.216. The average molecular weight is 405 g/mol. The zero-order chi connectivity index (χ0) is 21.0. The fourth-order valence-electron chi connectivity index (χ4n) is 5.43. The second-order valence-electron chi connectivity index (χ2n) is 9.35. The van der Waals surface area contributed by atoms with Gasteiger partial charge in [0.2, 0.25) is 0 Å². The van der Waals surface area contributed by atoms with Gasteiger partial charge in [0.15, 0.2) is 0 Å². The van der Waals surface area contributed by atoms with E-state index in [1.807, 2.05) is 13.0 Å². The molecule has 2 aliphatic rings. The van der Waals surface area contributed by atoms with Crippen molar-refractivity contribution in [2.75, 3.05) is 26.7 Å². The summed E-state index contributed by atoms with van der Waals surface area (Å²) in [6, 6.07) is 15.4. The van der Waals surface area contributed by atoms with Crippen molar-refractivity contribution in [1.82, 2.24) is 0 Å². The first-order chi connectivity index (χ1) is 14.5. The molecule has 0 N–H and O–H groups in total. The van der Waals surface area contributed by atoms with Crippen molar-refractivity contribution in [3.05, 3.63) is 65.8 Å². The number of nitrogens with zero attached hydrogens (tertiary/aromatic N) is 1. The molecular formula is C27H34NO2+. The van der Waals surface area contributed by atoms with Gasteiger partial charge in [-0.15, -0.1) is 0 Å². The second-order valence-corrected chi connectivity index (χ2v) is 9.35. The Bertz CT molecular complexity index is 956. The molecule has 2 saturated heterocycles. The molecule has 2 aromatic carbocycles. The number of hydrogen-bond donors (Lipinski definition) is 0. The van der Waals surface area contributed by atoms with Crippen LogP contribution in [0.5, 0.6) is 0 Å². The maximum absolute atomic E-state index is 12.4. The van der Waals surface area contributed by atoms with Crippen molar-refractivity contribution >= 4 is 22.8 Å². The molecule has 0 radical (unpaired) electrons. The molecule has 3 nitrogen and oxygen atoms in total. The van der Waals surface area contributed by atoms with E-state index >= 15 is 0 Å². The molecule has 0 saturated carbocycles. The number of carbonyl (C=O) groups is 1. The summed E-state index contributed by atoms with van der Waals surface area (Å²) in [4.78, 5) is 12.4. The van der Waals surface area contributed by atoms with Gasteiger partial charge >= 0.3 is 5.97 Å². The minimum Gasteiger partial charge on any atom is -0.462 e. The van der Waals surface area contributed by atoms with Gasteiger partial charge < -0.3 is 9.22 Å². The standard InChI is InChI=1S/C27H34NO2/c1-21(12-13-22-14-15-23-8-3-4-9-24(23)19-22)18-27(29)30-20-25-10-7-17-28(2)16-6-5-11-26(25)28/h3-4,8-9,12-15,18-19,25-26H,5-7,10-11,16-17,20H2,1-2H3/q+1/b13-12+,21-18+/t25-,26+,28+/m1/s1. The molecule has 0 amide bonds. The molecule has 0 spiro atoms. The van der Waals surface area contributed by atoms with E-state index in [2.05, 4.69) is 55.6 Å². The maximum Gasteiger partial charge on any atom is 0.331 e. The highest BCUT2D eigenvalue weighted by Gasteiger charge is 2.43. The van der Waals surface area contributed by atoms with Gasteiger partial charge in [0.25, 0.3) is 0 Å². The summed E-state index contributed by atoms with van der Waals surface area (Å²) in [6.45, 7) is 5.09. The normalized spacial score (nSPS) is 27.2. The van der Waals surface area contributed by atoms with Gasteiger partial charge in [-0.3, -0.25) is 0 Å². The fourth-order valence-corrected chi connectivity index (χ4v) is 5.43. The maximum atomic E-state index is 12.4. The first-order valence-corrected chi connectivity index (χ1v) is 11.4. The molecule has 2 aromatic rings. The molecule has 30 heavy (non-hydrogen) atoms. The molecule has 2 heterocycles. The Balaban J connectivity index is 1.33. The third-order valence-corrected chi connectivity index (χ3v) is 7.10. The van der Waals surface area contributed by atoms with Crippen LogP contribution in [0.3, 0.4) is 0 Å². The number of esters is 1. The van der Waals surface area contributed by atoms with Gasteiger partial charge in [-0.1, -0.05) is 48.6 Å². The summed E-state index contributed by atoms with van der Waals surface area (Å²) in [5, 5.41) is 2.46. The predicted octanol–water partition coefficient (Wildman–Crippen LogP) is 5.75. The molecule has 158 valence electrons. The van der Waals surface area contributed by atoms with E-state index in [0.717, 1.165) is 11.1 Å². The van der Waals surface area contributed by atoms with Crippen molar-refractivity contribution < 1.29 is 14.0 Å².